The monoisotopic (exact) mass is 246 g/mol. The van der Waals surface area contributed by atoms with Gasteiger partial charge in [0.25, 0.3) is 0 Å². The molecule has 17 heavy (non-hydrogen) atoms. The van der Waals surface area contributed by atoms with E-state index >= 15 is 0 Å². The van der Waals surface area contributed by atoms with Gasteiger partial charge in [0, 0.05) is 5.38 Å². The first kappa shape index (κ1) is 12.1. The minimum absolute atomic E-state index is 0.298. The Morgan fingerprint density at radius 2 is 2.00 bits per heavy atom. The third kappa shape index (κ3) is 3.07. The SMILES string of the molecule is CCc1csc(NC(C)c2ccc(C)cc2)n1. The summed E-state index contributed by atoms with van der Waals surface area (Å²) in [5.74, 6) is 0. The molecule has 90 valence electrons. The highest BCUT2D eigenvalue weighted by molar-refractivity contribution is 7.13. The zero-order valence-corrected chi connectivity index (χ0v) is 11.3. The Labute approximate surface area is 107 Å². The molecule has 0 spiro atoms. The van der Waals surface area contributed by atoms with Crippen LogP contribution in [0.1, 0.15) is 36.7 Å². The Morgan fingerprint density at radius 3 is 2.59 bits per heavy atom. The molecule has 1 heterocycles. The van der Waals surface area contributed by atoms with Gasteiger partial charge < -0.3 is 5.32 Å². The van der Waals surface area contributed by atoms with Gasteiger partial charge in [0.05, 0.1) is 11.7 Å². The summed E-state index contributed by atoms with van der Waals surface area (Å²) < 4.78 is 0. The number of nitrogens with zero attached hydrogens (tertiary/aromatic N) is 1. The molecule has 2 rings (SSSR count). The summed E-state index contributed by atoms with van der Waals surface area (Å²) in [5, 5.41) is 6.56. The lowest BCUT2D eigenvalue weighted by Crippen LogP contribution is -2.06. The van der Waals surface area contributed by atoms with Crippen molar-refractivity contribution in [3.05, 3.63) is 46.5 Å². The van der Waals surface area contributed by atoms with E-state index in [0.717, 1.165) is 17.2 Å². The van der Waals surface area contributed by atoms with Crippen molar-refractivity contribution in [2.75, 3.05) is 5.32 Å². The lowest BCUT2D eigenvalue weighted by Gasteiger charge is -2.13. The molecule has 2 aromatic rings. The predicted octanol–water partition coefficient (Wildman–Crippen LogP) is 4.19. The van der Waals surface area contributed by atoms with Crippen molar-refractivity contribution in [1.29, 1.82) is 0 Å². The van der Waals surface area contributed by atoms with Gasteiger partial charge in [-0.15, -0.1) is 11.3 Å². The molecule has 0 bridgehead atoms. The molecule has 1 N–H and O–H groups in total. The number of nitrogens with one attached hydrogen (secondary N) is 1. The van der Waals surface area contributed by atoms with Crippen LogP contribution in [0.4, 0.5) is 5.13 Å². The molecule has 0 radical (unpaired) electrons. The Morgan fingerprint density at radius 1 is 1.29 bits per heavy atom. The highest BCUT2D eigenvalue weighted by Gasteiger charge is 2.07. The fraction of sp³-hybridized carbons (Fsp3) is 0.357. The first-order valence-electron chi connectivity index (χ1n) is 5.96. The van der Waals surface area contributed by atoms with Crippen molar-refractivity contribution >= 4 is 16.5 Å². The van der Waals surface area contributed by atoms with Crippen molar-refractivity contribution in [1.82, 2.24) is 4.98 Å². The van der Waals surface area contributed by atoms with Gasteiger partial charge in [-0.3, -0.25) is 0 Å². The Kier molecular flexibility index (Phi) is 3.79. The van der Waals surface area contributed by atoms with Crippen LogP contribution >= 0.6 is 11.3 Å². The van der Waals surface area contributed by atoms with Gasteiger partial charge in [0.2, 0.25) is 0 Å². The molecule has 0 saturated carbocycles. The molecule has 1 aromatic heterocycles. The van der Waals surface area contributed by atoms with Crippen molar-refractivity contribution in [3.63, 3.8) is 0 Å². The molecule has 1 unspecified atom stereocenters. The van der Waals surface area contributed by atoms with Crippen LogP contribution in [0.25, 0.3) is 0 Å². The van der Waals surface area contributed by atoms with Crippen molar-refractivity contribution < 1.29 is 0 Å². The largest absolute Gasteiger partial charge is 0.355 e. The fourth-order valence-electron chi connectivity index (χ4n) is 1.66. The van der Waals surface area contributed by atoms with E-state index in [1.54, 1.807) is 11.3 Å². The van der Waals surface area contributed by atoms with E-state index in [1.165, 1.54) is 11.1 Å². The van der Waals surface area contributed by atoms with Gasteiger partial charge in [-0.05, 0) is 25.8 Å². The lowest BCUT2D eigenvalue weighted by atomic mass is 10.1. The van der Waals surface area contributed by atoms with Gasteiger partial charge in [-0.1, -0.05) is 36.8 Å². The highest BCUT2D eigenvalue weighted by atomic mass is 32.1. The summed E-state index contributed by atoms with van der Waals surface area (Å²) in [6.07, 6.45) is 0.997. The molecule has 0 aliphatic heterocycles. The number of rotatable bonds is 4. The number of anilines is 1. The minimum atomic E-state index is 0.298. The molecule has 0 aliphatic rings. The van der Waals surface area contributed by atoms with E-state index in [-0.39, 0.29) is 0 Å². The Hall–Kier alpha value is -1.35. The normalized spacial score (nSPS) is 12.4. The second kappa shape index (κ2) is 5.32. The van der Waals surface area contributed by atoms with E-state index in [1.807, 2.05) is 0 Å². The lowest BCUT2D eigenvalue weighted by molar-refractivity contribution is 0.877. The number of thiazole rings is 1. The summed E-state index contributed by atoms with van der Waals surface area (Å²) in [6, 6.07) is 8.92. The van der Waals surface area contributed by atoms with Crippen LogP contribution in [0.3, 0.4) is 0 Å². The number of hydrogen-bond donors (Lipinski definition) is 1. The maximum atomic E-state index is 4.52. The van der Waals surface area contributed by atoms with Crippen LogP contribution < -0.4 is 5.32 Å². The second-order valence-electron chi connectivity index (χ2n) is 4.27. The third-order valence-corrected chi connectivity index (χ3v) is 3.65. The van der Waals surface area contributed by atoms with Crippen LogP contribution in [0.15, 0.2) is 29.6 Å². The maximum absolute atomic E-state index is 4.52. The van der Waals surface area contributed by atoms with E-state index < -0.39 is 0 Å². The molecule has 1 aromatic carbocycles. The summed E-state index contributed by atoms with van der Waals surface area (Å²) >= 11 is 1.68. The van der Waals surface area contributed by atoms with Crippen LogP contribution in [-0.4, -0.2) is 4.98 Å². The molecule has 1 atom stereocenters. The zero-order valence-electron chi connectivity index (χ0n) is 10.5. The molecular formula is C14H18N2S. The van der Waals surface area contributed by atoms with E-state index in [0.29, 0.717) is 6.04 Å². The first-order valence-corrected chi connectivity index (χ1v) is 6.84. The van der Waals surface area contributed by atoms with E-state index in [4.69, 9.17) is 0 Å². The molecule has 3 heteroatoms. The molecule has 0 fully saturated rings. The average Bonchev–Trinajstić information content (AvgIpc) is 2.77. The van der Waals surface area contributed by atoms with Gasteiger partial charge in [-0.2, -0.15) is 0 Å². The van der Waals surface area contributed by atoms with Gasteiger partial charge in [-0.25, -0.2) is 4.98 Å². The van der Waals surface area contributed by atoms with Gasteiger partial charge in [0.1, 0.15) is 0 Å². The smallest absolute Gasteiger partial charge is 0.183 e. The molecular weight excluding hydrogens is 228 g/mol. The zero-order chi connectivity index (χ0) is 12.3. The Bertz CT molecular complexity index is 473. The van der Waals surface area contributed by atoms with Crippen molar-refractivity contribution in [2.24, 2.45) is 0 Å². The number of benzene rings is 1. The Balaban J connectivity index is 2.05. The number of aromatic nitrogens is 1. The maximum Gasteiger partial charge on any atom is 0.183 e. The first-order chi connectivity index (χ1) is 8.19. The molecule has 0 saturated heterocycles. The van der Waals surface area contributed by atoms with Crippen molar-refractivity contribution in [2.45, 2.75) is 33.2 Å². The predicted molar refractivity (Wildman–Crippen MR) is 74.7 cm³/mol. The standard InChI is InChI=1S/C14H18N2S/c1-4-13-9-17-14(16-13)15-11(3)12-7-5-10(2)6-8-12/h5-9,11H,4H2,1-3H3,(H,15,16). The molecule has 0 amide bonds. The van der Waals surface area contributed by atoms with Crippen LogP contribution in [-0.2, 0) is 6.42 Å². The van der Waals surface area contributed by atoms with Crippen LogP contribution in [0.2, 0.25) is 0 Å². The van der Waals surface area contributed by atoms with Gasteiger partial charge in [0.15, 0.2) is 5.13 Å². The summed E-state index contributed by atoms with van der Waals surface area (Å²) in [7, 11) is 0. The van der Waals surface area contributed by atoms with E-state index in [9.17, 15) is 0 Å². The van der Waals surface area contributed by atoms with Crippen molar-refractivity contribution in [3.8, 4) is 0 Å². The summed E-state index contributed by atoms with van der Waals surface area (Å²) in [4.78, 5) is 4.52. The number of hydrogen-bond acceptors (Lipinski definition) is 3. The average molecular weight is 246 g/mol. The highest BCUT2D eigenvalue weighted by Crippen LogP contribution is 2.22. The quantitative estimate of drug-likeness (QED) is 0.875. The van der Waals surface area contributed by atoms with Gasteiger partial charge >= 0.3 is 0 Å². The minimum Gasteiger partial charge on any atom is -0.355 e. The summed E-state index contributed by atoms with van der Waals surface area (Å²) in [5.41, 5.74) is 3.75. The van der Waals surface area contributed by atoms with Crippen LogP contribution in [0.5, 0.6) is 0 Å². The number of aryl methyl sites for hydroxylation is 2. The molecule has 0 aliphatic carbocycles. The topological polar surface area (TPSA) is 24.9 Å². The third-order valence-electron chi connectivity index (χ3n) is 2.83. The fourth-order valence-corrected chi connectivity index (χ4v) is 2.54. The summed E-state index contributed by atoms with van der Waals surface area (Å²) in [6.45, 7) is 6.40. The molecule has 2 nitrogen and oxygen atoms in total. The second-order valence-corrected chi connectivity index (χ2v) is 5.13. The van der Waals surface area contributed by atoms with E-state index in [2.05, 4.69) is 60.7 Å². The van der Waals surface area contributed by atoms with Crippen LogP contribution in [0, 0.1) is 6.92 Å².